The Morgan fingerprint density at radius 3 is 1.53 bits per heavy atom. The number of benzene rings is 2. The number of hydrogen-bond donors (Lipinski definition) is 2. The van der Waals surface area contributed by atoms with Gasteiger partial charge in [-0.25, -0.2) is 0 Å². The highest BCUT2D eigenvalue weighted by Gasteiger charge is 2.22. The van der Waals surface area contributed by atoms with E-state index in [1.807, 2.05) is 24.3 Å². The van der Waals surface area contributed by atoms with E-state index in [4.69, 9.17) is 11.5 Å². The molecule has 36 heavy (non-hydrogen) atoms. The third-order valence-corrected chi connectivity index (χ3v) is 9.17. The summed E-state index contributed by atoms with van der Waals surface area (Å²) < 4.78 is 0. The van der Waals surface area contributed by atoms with Gasteiger partial charge in [-0.05, 0) is 117 Å². The first kappa shape index (κ1) is 26.8. The Morgan fingerprint density at radius 1 is 0.639 bits per heavy atom. The van der Waals surface area contributed by atoms with Crippen molar-refractivity contribution >= 4 is 11.4 Å². The minimum atomic E-state index is 0.420. The first-order chi connectivity index (χ1) is 17.6. The van der Waals surface area contributed by atoms with Crippen LogP contribution < -0.4 is 11.5 Å². The molecule has 0 heterocycles. The molecule has 2 nitrogen and oxygen atoms in total. The lowest BCUT2D eigenvalue weighted by molar-refractivity contribution is 0.281. The second-order valence-corrected chi connectivity index (χ2v) is 11.9. The molecule has 0 amide bonds. The van der Waals surface area contributed by atoms with Gasteiger partial charge in [0.25, 0.3) is 0 Å². The Hall–Kier alpha value is -2.22. The van der Waals surface area contributed by atoms with Gasteiger partial charge < -0.3 is 11.5 Å². The van der Waals surface area contributed by atoms with Crippen molar-refractivity contribution in [3.05, 3.63) is 71.8 Å². The molecular formula is C34H50N2. The molecule has 2 aliphatic rings. The molecule has 0 spiro atoms. The van der Waals surface area contributed by atoms with Crippen LogP contribution in [0, 0.1) is 23.7 Å². The quantitative estimate of drug-likeness (QED) is 0.189. The van der Waals surface area contributed by atoms with Gasteiger partial charge in [0.1, 0.15) is 0 Å². The molecule has 2 aliphatic carbocycles. The molecule has 0 aromatic heterocycles. The highest BCUT2D eigenvalue weighted by molar-refractivity contribution is 5.45. The summed E-state index contributed by atoms with van der Waals surface area (Å²) in [5.41, 5.74) is 16.3. The van der Waals surface area contributed by atoms with E-state index < -0.39 is 0 Å². The lowest BCUT2D eigenvalue weighted by Crippen LogP contribution is -2.15. The number of hydrogen-bond acceptors (Lipinski definition) is 2. The van der Waals surface area contributed by atoms with Gasteiger partial charge in [-0.2, -0.15) is 0 Å². The van der Waals surface area contributed by atoms with Crippen LogP contribution in [0.2, 0.25) is 0 Å². The van der Waals surface area contributed by atoms with E-state index in [0.717, 1.165) is 35.0 Å². The van der Waals surface area contributed by atoms with E-state index in [2.05, 4.69) is 43.3 Å². The van der Waals surface area contributed by atoms with Crippen LogP contribution in [0.15, 0.2) is 60.7 Å². The number of nitrogens with two attached hydrogens (primary N) is 2. The van der Waals surface area contributed by atoms with E-state index >= 15 is 0 Å². The molecule has 2 heteroatoms. The zero-order chi connectivity index (χ0) is 25.2. The van der Waals surface area contributed by atoms with Crippen LogP contribution in [0.1, 0.15) is 114 Å². The standard InChI is InChI=1S/C34H50N2/c1-2-5-26-8-12-28(13-9-26)16-17-29-14-10-27(11-15-29)6-3-4-7-34(30-18-22-32(35)23-19-30)31-20-24-33(36)25-21-31/h16-29,34H,2-15,35-36H2,1H3. The van der Waals surface area contributed by atoms with Crippen molar-refractivity contribution in [2.24, 2.45) is 23.7 Å². The Morgan fingerprint density at radius 2 is 1.08 bits per heavy atom. The summed E-state index contributed by atoms with van der Waals surface area (Å²) in [5.74, 6) is 4.08. The molecule has 0 unspecified atom stereocenters. The predicted octanol–water partition coefficient (Wildman–Crippen LogP) is 9.51. The lowest BCUT2D eigenvalue weighted by Gasteiger charge is -2.29. The Kier molecular flexibility index (Phi) is 10.4. The Labute approximate surface area is 220 Å². The molecule has 2 aromatic carbocycles. The molecule has 0 radical (unpaired) electrons. The number of allylic oxidation sites excluding steroid dienone is 2. The maximum Gasteiger partial charge on any atom is 0.0314 e. The average Bonchev–Trinajstić information content (AvgIpc) is 2.91. The van der Waals surface area contributed by atoms with Crippen molar-refractivity contribution in [3.63, 3.8) is 0 Å². The second-order valence-electron chi connectivity index (χ2n) is 11.9. The van der Waals surface area contributed by atoms with E-state index in [0.29, 0.717) is 5.92 Å². The molecular weight excluding hydrogens is 436 g/mol. The maximum atomic E-state index is 5.95. The van der Waals surface area contributed by atoms with Gasteiger partial charge in [0.2, 0.25) is 0 Å². The zero-order valence-electron chi connectivity index (χ0n) is 22.7. The van der Waals surface area contributed by atoms with Crippen LogP contribution in [0.5, 0.6) is 0 Å². The molecule has 2 aromatic rings. The van der Waals surface area contributed by atoms with Gasteiger partial charge in [-0.3, -0.25) is 0 Å². The van der Waals surface area contributed by atoms with E-state index in [-0.39, 0.29) is 0 Å². The summed E-state index contributed by atoms with van der Waals surface area (Å²) in [6.07, 6.45) is 24.7. The van der Waals surface area contributed by atoms with Crippen molar-refractivity contribution in [3.8, 4) is 0 Å². The summed E-state index contributed by atoms with van der Waals surface area (Å²) in [5, 5.41) is 0. The van der Waals surface area contributed by atoms with Gasteiger partial charge in [0, 0.05) is 17.3 Å². The molecule has 0 bridgehead atoms. The Balaban J connectivity index is 1.17. The minimum Gasteiger partial charge on any atom is -0.399 e. The first-order valence-corrected chi connectivity index (χ1v) is 15.0. The lowest BCUT2D eigenvalue weighted by atomic mass is 9.77. The smallest absolute Gasteiger partial charge is 0.0314 e. The number of nitrogen functional groups attached to an aromatic ring is 2. The van der Waals surface area contributed by atoms with Crippen LogP contribution in [-0.2, 0) is 0 Å². The van der Waals surface area contributed by atoms with Crippen molar-refractivity contribution in [2.75, 3.05) is 11.5 Å². The summed E-state index contributed by atoms with van der Waals surface area (Å²) >= 11 is 0. The molecule has 0 aliphatic heterocycles. The van der Waals surface area contributed by atoms with Gasteiger partial charge in [-0.15, -0.1) is 0 Å². The van der Waals surface area contributed by atoms with Crippen LogP contribution in [-0.4, -0.2) is 0 Å². The van der Waals surface area contributed by atoms with Crippen LogP contribution in [0.25, 0.3) is 0 Å². The van der Waals surface area contributed by atoms with Crippen LogP contribution in [0.3, 0.4) is 0 Å². The molecule has 196 valence electrons. The predicted molar refractivity (Wildman–Crippen MR) is 157 cm³/mol. The average molecular weight is 487 g/mol. The van der Waals surface area contributed by atoms with Crippen LogP contribution >= 0.6 is 0 Å². The van der Waals surface area contributed by atoms with Crippen molar-refractivity contribution in [1.29, 1.82) is 0 Å². The molecule has 0 saturated heterocycles. The highest BCUT2D eigenvalue weighted by Crippen LogP contribution is 2.36. The zero-order valence-corrected chi connectivity index (χ0v) is 22.7. The minimum absolute atomic E-state index is 0.420. The Bertz CT molecular complexity index is 852. The largest absolute Gasteiger partial charge is 0.399 e. The van der Waals surface area contributed by atoms with E-state index in [1.165, 1.54) is 101 Å². The van der Waals surface area contributed by atoms with Crippen molar-refractivity contribution < 1.29 is 0 Å². The molecule has 4 rings (SSSR count). The fourth-order valence-corrected chi connectivity index (χ4v) is 6.83. The number of rotatable bonds is 11. The topological polar surface area (TPSA) is 52.0 Å². The van der Waals surface area contributed by atoms with Crippen molar-refractivity contribution in [1.82, 2.24) is 0 Å². The van der Waals surface area contributed by atoms with Gasteiger partial charge in [0.15, 0.2) is 0 Å². The summed E-state index contributed by atoms with van der Waals surface area (Å²) in [6.45, 7) is 2.34. The fraction of sp³-hybridized carbons (Fsp3) is 0.588. The second kappa shape index (κ2) is 13.9. The molecule has 4 N–H and O–H groups in total. The molecule has 2 saturated carbocycles. The number of unbranched alkanes of at least 4 members (excludes halogenated alkanes) is 1. The monoisotopic (exact) mass is 486 g/mol. The molecule has 0 atom stereocenters. The third-order valence-electron chi connectivity index (χ3n) is 9.17. The highest BCUT2D eigenvalue weighted by atomic mass is 14.5. The summed E-state index contributed by atoms with van der Waals surface area (Å²) in [6, 6.07) is 16.9. The normalized spacial score (nSPS) is 24.9. The summed E-state index contributed by atoms with van der Waals surface area (Å²) in [7, 11) is 0. The van der Waals surface area contributed by atoms with Crippen molar-refractivity contribution in [2.45, 2.75) is 103 Å². The SMILES string of the molecule is CCCC1CCC(C=CC2CCC(CCCCC(c3ccc(N)cc3)c3ccc(N)cc3)CC2)CC1. The van der Waals surface area contributed by atoms with Gasteiger partial charge in [-0.1, -0.05) is 75.4 Å². The molecule has 2 fully saturated rings. The first-order valence-electron chi connectivity index (χ1n) is 15.0. The van der Waals surface area contributed by atoms with E-state index in [9.17, 15) is 0 Å². The van der Waals surface area contributed by atoms with E-state index in [1.54, 1.807) is 0 Å². The van der Waals surface area contributed by atoms with Crippen LogP contribution in [0.4, 0.5) is 11.4 Å². The maximum absolute atomic E-state index is 5.95. The third kappa shape index (κ3) is 8.15. The summed E-state index contributed by atoms with van der Waals surface area (Å²) in [4.78, 5) is 0. The van der Waals surface area contributed by atoms with Gasteiger partial charge >= 0.3 is 0 Å². The fourth-order valence-electron chi connectivity index (χ4n) is 6.83. The van der Waals surface area contributed by atoms with Gasteiger partial charge in [0.05, 0.1) is 0 Å². The number of anilines is 2.